The number of carboxylic acid groups (broad SMARTS) is 1. The van der Waals surface area contributed by atoms with Gasteiger partial charge in [-0.1, -0.05) is 25.0 Å². The summed E-state index contributed by atoms with van der Waals surface area (Å²) < 4.78 is 13.0. The Kier molecular flexibility index (Phi) is 6.95. The Morgan fingerprint density at radius 1 is 1.32 bits per heavy atom. The molecule has 0 aliphatic carbocycles. The molecule has 0 bridgehead atoms. The fourth-order valence-corrected chi connectivity index (χ4v) is 3.47. The summed E-state index contributed by atoms with van der Waals surface area (Å²) >= 11 is 0. The van der Waals surface area contributed by atoms with Crippen molar-refractivity contribution in [3.63, 3.8) is 0 Å². The standard InChI is InChI=1S/C17H26BFN2O4/c19-15-5-3-13(4-6-15)11-21-10-7-14(12-21)17(20,16(22)23)8-1-2-9-18(24)25/h3-6,14,24-25H,1-2,7-12,20H2,(H,22,23). The molecule has 8 heteroatoms. The molecule has 2 atom stereocenters. The molecule has 1 saturated heterocycles. The van der Waals surface area contributed by atoms with Crippen LogP contribution in [0.25, 0.3) is 0 Å². The molecule has 2 unspecified atom stereocenters. The van der Waals surface area contributed by atoms with Crippen LogP contribution in [0.1, 0.15) is 31.2 Å². The van der Waals surface area contributed by atoms with Crippen molar-refractivity contribution < 1.29 is 24.3 Å². The molecule has 0 radical (unpaired) electrons. The van der Waals surface area contributed by atoms with E-state index in [1.54, 1.807) is 12.1 Å². The third-order valence-corrected chi connectivity index (χ3v) is 5.02. The number of benzene rings is 1. The second-order valence-electron chi connectivity index (χ2n) is 6.92. The minimum atomic E-state index is -1.37. The molecule has 25 heavy (non-hydrogen) atoms. The zero-order valence-corrected chi connectivity index (χ0v) is 14.3. The second kappa shape index (κ2) is 8.76. The van der Waals surface area contributed by atoms with Gasteiger partial charge in [0.05, 0.1) is 0 Å². The number of carboxylic acids is 1. The molecular formula is C17H26BFN2O4. The molecule has 5 N–H and O–H groups in total. The summed E-state index contributed by atoms with van der Waals surface area (Å²) in [4.78, 5) is 13.9. The first-order chi connectivity index (χ1) is 11.8. The van der Waals surface area contributed by atoms with Gasteiger partial charge >= 0.3 is 13.1 Å². The summed E-state index contributed by atoms with van der Waals surface area (Å²) in [6.07, 6.45) is 2.29. The molecule has 6 nitrogen and oxygen atoms in total. The number of aliphatic carboxylic acids is 1. The maximum Gasteiger partial charge on any atom is 0.451 e. The number of hydrogen-bond donors (Lipinski definition) is 4. The van der Waals surface area contributed by atoms with Crippen molar-refractivity contribution in [1.29, 1.82) is 0 Å². The van der Waals surface area contributed by atoms with Gasteiger partial charge in [-0.3, -0.25) is 9.69 Å². The molecule has 0 amide bonds. The van der Waals surface area contributed by atoms with E-state index in [1.807, 2.05) is 0 Å². The van der Waals surface area contributed by atoms with Crippen molar-refractivity contribution in [2.24, 2.45) is 11.7 Å². The summed E-state index contributed by atoms with van der Waals surface area (Å²) in [5.41, 5.74) is 5.91. The van der Waals surface area contributed by atoms with E-state index in [0.717, 1.165) is 12.1 Å². The predicted octanol–water partition coefficient (Wildman–Crippen LogP) is 1.07. The van der Waals surface area contributed by atoms with E-state index in [9.17, 15) is 14.3 Å². The molecule has 1 aromatic carbocycles. The zero-order chi connectivity index (χ0) is 18.4. The Hall–Kier alpha value is -1.48. The van der Waals surface area contributed by atoms with Gasteiger partial charge in [-0.2, -0.15) is 0 Å². The van der Waals surface area contributed by atoms with Gasteiger partial charge in [0.15, 0.2) is 0 Å². The number of carbonyl (C=O) groups is 1. The number of unbranched alkanes of at least 4 members (excludes halogenated alkanes) is 1. The van der Waals surface area contributed by atoms with E-state index in [-0.39, 0.29) is 18.1 Å². The summed E-state index contributed by atoms with van der Waals surface area (Å²) in [6.45, 7) is 1.98. The Labute approximate surface area is 147 Å². The van der Waals surface area contributed by atoms with Crippen molar-refractivity contribution in [2.45, 2.75) is 44.1 Å². The number of hydrogen-bond acceptors (Lipinski definition) is 5. The summed E-state index contributed by atoms with van der Waals surface area (Å²) in [6, 6.07) is 6.30. The van der Waals surface area contributed by atoms with Crippen molar-refractivity contribution in [3.8, 4) is 0 Å². The fourth-order valence-electron chi connectivity index (χ4n) is 3.47. The minimum absolute atomic E-state index is 0.163. The molecule has 1 heterocycles. The Morgan fingerprint density at radius 2 is 2.00 bits per heavy atom. The maximum atomic E-state index is 13.0. The van der Waals surface area contributed by atoms with Crippen LogP contribution in [-0.4, -0.2) is 51.8 Å². The van der Waals surface area contributed by atoms with Gasteiger partial charge < -0.3 is 20.9 Å². The number of nitrogens with zero attached hydrogens (tertiary/aromatic N) is 1. The van der Waals surface area contributed by atoms with Crippen LogP contribution < -0.4 is 5.73 Å². The van der Waals surface area contributed by atoms with Gasteiger partial charge in [0, 0.05) is 19.0 Å². The highest BCUT2D eigenvalue weighted by atomic mass is 19.1. The highest BCUT2D eigenvalue weighted by Crippen LogP contribution is 2.31. The summed E-state index contributed by atoms with van der Waals surface area (Å²) in [5, 5.41) is 27.4. The molecule has 0 spiro atoms. The predicted molar refractivity (Wildman–Crippen MR) is 93.2 cm³/mol. The Morgan fingerprint density at radius 3 is 2.60 bits per heavy atom. The zero-order valence-electron chi connectivity index (χ0n) is 14.3. The highest BCUT2D eigenvalue weighted by Gasteiger charge is 2.44. The van der Waals surface area contributed by atoms with Gasteiger partial charge in [-0.25, -0.2) is 4.39 Å². The van der Waals surface area contributed by atoms with E-state index >= 15 is 0 Å². The Balaban J connectivity index is 1.91. The van der Waals surface area contributed by atoms with Crippen LogP contribution in [0.5, 0.6) is 0 Å². The van der Waals surface area contributed by atoms with Crippen molar-refractivity contribution in [1.82, 2.24) is 4.90 Å². The molecule has 1 fully saturated rings. The van der Waals surface area contributed by atoms with Gasteiger partial charge in [-0.15, -0.1) is 0 Å². The second-order valence-corrected chi connectivity index (χ2v) is 6.92. The van der Waals surface area contributed by atoms with Gasteiger partial charge in [0.2, 0.25) is 0 Å². The smallest absolute Gasteiger partial charge is 0.451 e. The average Bonchev–Trinajstić information content (AvgIpc) is 3.02. The van der Waals surface area contributed by atoms with Gasteiger partial charge in [0.1, 0.15) is 11.4 Å². The maximum absolute atomic E-state index is 13.0. The van der Waals surface area contributed by atoms with E-state index in [0.29, 0.717) is 38.8 Å². The van der Waals surface area contributed by atoms with E-state index in [4.69, 9.17) is 15.8 Å². The highest BCUT2D eigenvalue weighted by molar-refractivity contribution is 6.40. The monoisotopic (exact) mass is 352 g/mol. The fraction of sp³-hybridized carbons (Fsp3) is 0.588. The van der Waals surface area contributed by atoms with Gasteiger partial charge in [-0.05, 0) is 43.4 Å². The van der Waals surface area contributed by atoms with Crippen LogP contribution in [0.15, 0.2) is 24.3 Å². The van der Waals surface area contributed by atoms with Crippen LogP contribution in [0.3, 0.4) is 0 Å². The number of halogens is 1. The van der Waals surface area contributed by atoms with Crippen LogP contribution in [0, 0.1) is 11.7 Å². The normalized spacial score (nSPS) is 20.4. The lowest BCUT2D eigenvalue weighted by molar-refractivity contribution is -0.145. The number of likely N-dealkylation sites (tertiary alicyclic amines) is 1. The molecule has 1 aliphatic rings. The molecule has 0 aromatic heterocycles. The molecule has 1 aliphatic heterocycles. The van der Waals surface area contributed by atoms with E-state index in [2.05, 4.69) is 4.90 Å². The first kappa shape index (κ1) is 19.8. The first-order valence-electron chi connectivity index (χ1n) is 8.66. The number of nitrogens with two attached hydrogens (primary N) is 1. The van der Waals surface area contributed by atoms with Gasteiger partial charge in [0.25, 0.3) is 0 Å². The molecule has 2 rings (SSSR count). The van der Waals surface area contributed by atoms with E-state index in [1.165, 1.54) is 12.1 Å². The minimum Gasteiger partial charge on any atom is -0.480 e. The number of rotatable bonds is 9. The third kappa shape index (κ3) is 5.50. The quantitative estimate of drug-likeness (QED) is 0.391. The lowest BCUT2D eigenvalue weighted by Crippen LogP contribution is -2.55. The largest absolute Gasteiger partial charge is 0.480 e. The SMILES string of the molecule is NC(CCCCB(O)O)(C(=O)O)C1CCN(Cc2ccc(F)cc2)C1. The lowest BCUT2D eigenvalue weighted by atomic mass is 9.77. The van der Waals surface area contributed by atoms with Crippen LogP contribution in [0.2, 0.25) is 6.32 Å². The topological polar surface area (TPSA) is 107 Å². The van der Waals surface area contributed by atoms with Crippen molar-refractivity contribution in [3.05, 3.63) is 35.6 Å². The van der Waals surface area contributed by atoms with E-state index < -0.39 is 18.6 Å². The van der Waals surface area contributed by atoms with Crippen molar-refractivity contribution in [2.75, 3.05) is 13.1 Å². The molecule has 138 valence electrons. The Bertz CT molecular complexity index is 572. The first-order valence-corrected chi connectivity index (χ1v) is 8.66. The molecule has 0 saturated carbocycles. The molecular weight excluding hydrogens is 326 g/mol. The average molecular weight is 352 g/mol. The third-order valence-electron chi connectivity index (χ3n) is 5.02. The molecule has 1 aromatic rings. The van der Waals surface area contributed by atoms with Crippen molar-refractivity contribution >= 4 is 13.1 Å². The van der Waals surface area contributed by atoms with Crippen LogP contribution >= 0.6 is 0 Å². The lowest BCUT2D eigenvalue weighted by Gasteiger charge is -2.31. The summed E-state index contributed by atoms with van der Waals surface area (Å²) in [5.74, 6) is -1.45. The van der Waals surface area contributed by atoms with Crippen LogP contribution in [-0.2, 0) is 11.3 Å². The summed E-state index contributed by atoms with van der Waals surface area (Å²) in [7, 11) is -1.37. The van der Waals surface area contributed by atoms with Crippen LogP contribution in [0.4, 0.5) is 4.39 Å².